The minimum absolute atomic E-state index is 0.361. The Hall–Kier alpha value is -2.70. The zero-order valence-corrected chi connectivity index (χ0v) is 11.0. The number of hydrogen-bond acceptors (Lipinski definition) is 6. The minimum Gasteiger partial charge on any atom is -0.467 e. The summed E-state index contributed by atoms with van der Waals surface area (Å²) >= 11 is 0. The number of amides is 1. The van der Waals surface area contributed by atoms with Crippen LogP contribution in [0.5, 0.6) is 0 Å². The first kappa shape index (κ1) is 13.7. The summed E-state index contributed by atoms with van der Waals surface area (Å²) in [5.74, 6) is -0.485. The molecule has 1 heterocycles. The molecule has 0 bridgehead atoms. The van der Waals surface area contributed by atoms with Crippen LogP contribution in [0.25, 0.3) is 11.5 Å². The van der Waals surface area contributed by atoms with Gasteiger partial charge in [0.05, 0.1) is 7.11 Å². The Morgan fingerprint density at radius 1 is 1.30 bits per heavy atom. The monoisotopic (exact) mass is 275 g/mol. The number of nitrogens with zero attached hydrogens (tertiary/aromatic N) is 2. The number of ether oxygens (including phenoxy) is 1. The Morgan fingerprint density at radius 2 is 2.00 bits per heavy atom. The van der Waals surface area contributed by atoms with E-state index < -0.39 is 12.0 Å². The lowest BCUT2D eigenvalue weighted by atomic mass is 10.1. The SMILES string of the molecule is COC(=O)C(C)NC(=O)c1ccc(-c2nnco2)cc1. The lowest BCUT2D eigenvalue weighted by Crippen LogP contribution is -2.39. The smallest absolute Gasteiger partial charge is 0.328 e. The van der Waals surface area contributed by atoms with Crippen LogP contribution in [0.4, 0.5) is 0 Å². The average Bonchev–Trinajstić information content (AvgIpc) is 3.00. The molecule has 1 unspecified atom stereocenters. The molecule has 7 nitrogen and oxygen atoms in total. The highest BCUT2D eigenvalue weighted by Gasteiger charge is 2.16. The third-order valence-corrected chi connectivity index (χ3v) is 2.66. The Labute approximate surface area is 115 Å². The van der Waals surface area contributed by atoms with Crippen molar-refractivity contribution in [2.75, 3.05) is 7.11 Å². The second-order valence-corrected chi connectivity index (χ2v) is 4.04. The molecule has 0 fully saturated rings. The molecule has 2 rings (SSSR count). The molecule has 1 amide bonds. The van der Waals surface area contributed by atoms with E-state index in [9.17, 15) is 9.59 Å². The maximum Gasteiger partial charge on any atom is 0.328 e. The maximum atomic E-state index is 11.9. The van der Waals surface area contributed by atoms with E-state index in [0.29, 0.717) is 17.0 Å². The highest BCUT2D eigenvalue weighted by atomic mass is 16.5. The maximum absolute atomic E-state index is 11.9. The minimum atomic E-state index is -0.705. The summed E-state index contributed by atoms with van der Waals surface area (Å²) in [6.07, 6.45) is 1.23. The van der Waals surface area contributed by atoms with Gasteiger partial charge < -0.3 is 14.5 Å². The molecule has 0 saturated carbocycles. The number of carbonyl (C=O) groups is 2. The third kappa shape index (κ3) is 3.00. The lowest BCUT2D eigenvalue weighted by molar-refractivity contribution is -0.142. The van der Waals surface area contributed by atoms with E-state index in [-0.39, 0.29) is 5.91 Å². The highest BCUT2D eigenvalue weighted by Crippen LogP contribution is 2.16. The van der Waals surface area contributed by atoms with E-state index in [2.05, 4.69) is 20.3 Å². The number of hydrogen-bond donors (Lipinski definition) is 1. The van der Waals surface area contributed by atoms with Crippen molar-refractivity contribution in [3.8, 4) is 11.5 Å². The first-order valence-corrected chi connectivity index (χ1v) is 5.87. The van der Waals surface area contributed by atoms with Gasteiger partial charge in [-0.1, -0.05) is 0 Å². The van der Waals surface area contributed by atoms with E-state index in [1.165, 1.54) is 13.5 Å². The van der Waals surface area contributed by atoms with Crippen LogP contribution >= 0.6 is 0 Å². The number of nitrogens with one attached hydrogen (secondary N) is 1. The summed E-state index contributed by atoms with van der Waals surface area (Å²) in [5, 5.41) is 9.88. The second-order valence-electron chi connectivity index (χ2n) is 4.04. The number of esters is 1. The summed E-state index contributed by atoms with van der Waals surface area (Å²) in [6, 6.07) is 5.89. The summed E-state index contributed by atoms with van der Waals surface area (Å²) in [6.45, 7) is 1.55. The Kier molecular flexibility index (Phi) is 4.09. The molecule has 0 radical (unpaired) electrons. The number of carbonyl (C=O) groups excluding carboxylic acids is 2. The number of aromatic nitrogens is 2. The van der Waals surface area contributed by atoms with Crippen LogP contribution < -0.4 is 5.32 Å². The molecule has 1 N–H and O–H groups in total. The largest absolute Gasteiger partial charge is 0.467 e. The molecule has 104 valence electrons. The van der Waals surface area contributed by atoms with Crippen LogP contribution in [-0.4, -0.2) is 35.2 Å². The molecule has 0 saturated heterocycles. The summed E-state index contributed by atoms with van der Waals surface area (Å²) in [4.78, 5) is 23.1. The van der Waals surface area contributed by atoms with Gasteiger partial charge in [-0.15, -0.1) is 10.2 Å². The number of methoxy groups -OCH3 is 1. The van der Waals surface area contributed by atoms with E-state index in [1.54, 1.807) is 31.2 Å². The number of rotatable bonds is 4. The van der Waals surface area contributed by atoms with E-state index >= 15 is 0 Å². The van der Waals surface area contributed by atoms with E-state index in [1.807, 2.05) is 0 Å². The fourth-order valence-corrected chi connectivity index (χ4v) is 1.58. The zero-order chi connectivity index (χ0) is 14.5. The first-order valence-electron chi connectivity index (χ1n) is 5.87. The average molecular weight is 275 g/mol. The van der Waals surface area contributed by atoms with Gasteiger partial charge in [0.25, 0.3) is 5.91 Å². The van der Waals surface area contributed by atoms with Crippen molar-refractivity contribution in [2.45, 2.75) is 13.0 Å². The first-order chi connectivity index (χ1) is 9.61. The van der Waals surface area contributed by atoms with E-state index in [0.717, 1.165) is 0 Å². The van der Waals surface area contributed by atoms with Gasteiger partial charge in [0.15, 0.2) is 0 Å². The predicted octanol–water partition coefficient (Wildman–Crippen LogP) is 1.03. The lowest BCUT2D eigenvalue weighted by Gasteiger charge is -2.11. The van der Waals surface area contributed by atoms with Gasteiger partial charge in [0, 0.05) is 11.1 Å². The van der Waals surface area contributed by atoms with Crippen LogP contribution in [0.15, 0.2) is 35.1 Å². The van der Waals surface area contributed by atoms with Crippen LogP contribution in [-0.2, 0) is 9.53 Å². The van der Waals surface area contributed by atoms with Gasteiger partial charge >= 0.3 is 5.97 Å². The Balaban J connectivity index is 2.06. The van der Waals surface area contributed by atoms with Crippen molar-refractivity contribution < 1.29 is 18.7 Å². The molecule has 7 heteroatoms. The van der Waals surface area contributed by atoms with Crippen LogP contribution in [0.3, 0.4) is 0 Å². The number of benzene rings is 1. The van der Waals surface area contributed by atoms with Crippen molar-refractivity contribution in [1.29, 1.82) is 0 Å². The fourth-order valence-electron chi connectivity index (χ4n) is 1.58. The standard InChI is InChI=1S/C13H13N3O4/c1-8(13(18)19-2)15-11(17)9-3-5-10(6-4-9)12-16-14-7-20-12/h3-8H,1-2H3,(H,15,17). The molecule has 0 aliphatic heterocycles. The van der Waals surface area contributed by atoms with Crippen LogP contribution in [0, 0.1) is 0 Å². The molecule has 1 aromatic heterocycles. The van der Waals surface area contributed by atoms with Crippen LogP contribution in [0.1, 0.15) is 17.3 Å². The normalized spacial score (nSPS) is 11.7. The highest BCUT2D eigenvalue weighted by molar-refractivity contribution is 5.96. The molecule has 1 aromatic carbocycles. The molecular weight excluding hydrogens is 262 g/mol. The van der Waals surface area contributed by atoms with Gasteiger partial charge in [-0.3, -0.25) is 4.79 Å². The quantitative estimate of drug-likeness (QED) is 0.837. The Bertz CT molecular complexity index is 593. The summed E-state index contributed by atoms with van der Waals surface area (Å²) in [7, 11) is 1.27. The zero-order valence-electron chi connectivity index (χ0n) is 11.0. The van der Waals surface area contributed by atoms with Gasteiger partial charge in [-0.05, 0) is 31.2 Å². The van der Waals surface area contributed by atoms with E-state index in [4.69, 9.17) is 4.42 Å². The van der Waals surface area contributed by atoms with Crippen molar-refractivity contribution in [3.05, 3.63) is 36.2 Å². The van der Waals surface area contributed by atoms with Gasteiger partial charge in [0.2, 0.25) is 12.3 Å². The van der Waals surface area contributed by atoms with Crippen LogP contribution in [0.2, 0.25) is 0 Å². The fraction of sp³-hybridized carbons (Fsp3) is 0.231. The van der Waals surface area contributed by atoms with Crippen molar-refractivity contribution in [2.24, 2.45) is 0 Å². The van der Waals surface area contributed by atoms with Crippen molar-refractivity contribution >= 4 is 11.9 Å². The molecule has 20 heavy (non-hydrogen) atoms. The predicted molar refractivity (Wildman–Crippen MR) is 68.7 cm³/mol. The summed E-state index contributed by atoms with van der Waals surface area (Å²) in [5.41, 5.74) is 1.13. The van der Waals surface area contributed by atoms with Crippen molar-refractivity contribution in [1.82, 2.24) is 15.5 Å². The van der Waals surface area contributed by atoms with Gasteiger partial charge in [-0.25, -0.2) is 4.79 Å². The molecular formula is C13H13N3O4. The third-order valence-electron chi connectivity index (χ3n) is 2.66. The molecule has 0 aliphatic rings. The summed E-state index contributed by atoms with van der Waals surface area (Å²) < 4.78 is 9.58. The molecule has 2 aromatic rings. The molecule has 0 spiro atoms. The van der Waals surface area contributed by atoms with Crippen molar-refractivity contribution in [3.63, 3.8) is 0 Å². The van der Waals surface area contributed by atoms with Gasteiger partial charge in [0.1, 0.15) is 6.04 Å². The molecule has 1 atom stereocenters. The van der Waals surface area contributed by atoms with Gasteiger partial charge in [-0.2, -0.15) is 0 Å². The Morgan fingerprint density at radius 3 is 2.55 bits per heavy atom. The second kappa shape index (κ2) is 5.96. The topological polar surface area (TPSA) is 94.3 Å². The molecule has 0 aliphatic carbocycles.